The molecule has 8 nitrogen and oxygen atoms in total. The molecule has 1 heterocycles. The molecule has 1 aromatic heterocycles. The van der Waals surface area contributed by atoms with Gasteiger partial charge >= 0.3 is 0 Å². The molecule has 0 aliphatic heterocycles. The smallest absolute Gasteiger partial charge is 0.270 e. The maximum atomic E-state index is 13.4. The van der Waals surface area contributed by atoms with Crippen LogP contribution in [0.3, 0.4) is 0 Å². The molecule has 150 valence electrons. The fraction of sp³-hybridized carbons (Fsp3) is 0.250. The fourth-order valence-electron chi connectivity index (χ4n) is 2.77. The van der Waals surface area contributed by atoms with Gasteiger partial charge in [0.2, 0.25) is 11.7 Å². The molecule has 2 aromatic carbocycles. The third-order valence-corrected chi connectivity index (χ3v) is 4.61. The molecule has 2 atom stereocenters. The summed E-state index contributed by atoms with van der Waals surface area (Å²) in [5, 5.41) is 17.7. The molecule has 3 aromatic rings. The van der Waals surface area contributed by atoms with Gasteiger partial charge in [0, 0.05) is 23.3 Å². The van der Waals surface area contributed by atoms with E-state index in [-0.39, 0.29) is 28.9 Å². The number of nitro benzene ring substituents is 1. The highest BCUT2D eigenvalue weighted by Gasteiger charge is 2.27. The van der Waals surface area contributed by atoms with Crippen molar-refractivity contribution >= 4 is 11.6 Å². The maximum Gasteiger partial charge on any atom is 0.270 e. The molecule has 0 unspecified atom stereocenters. The second kappa shape index (κ2) is 8.59. The minimum absolute atomic E-state index is 0.0501. The number of benzene rings is 2. The van der Waals surface area contributed by atoms with Crippen molar-refractivity contribution in [2.75, 3.05) is 0 Å². The minimum Gasteiger partial charge on any atom is -0.340 e. The Labute approximate surface area is 165 Å². The van der Waals surface area contributed by atoms with E-state index in [4.69, 9.17) is 4.52 Å². The monoisotopic (exact) mass is 398 g/mol. The van der Waals surface area contributed by atoms with Crippen LogP contribution in [-0.2, 0) is 0 Å². The normalized spacial score (nSPS) is 12.9. The summed E-state index contributed by atoms with van der Waals surface area (Å²) in [4.78, 5) is 27.3. The summed E-state index contributed by atoms with van der Waals surface area (Å²) in [5.74, 6) is -0.679. The topological polar surface area (TPSA) is 111 Å². The molecule has 9 heteroatoms. The van der Waals surface area contributed by atoms with Crippen LogP contribution in [0.5, 0.6) is 0 Å². The Morgan fingerprint density at radius 1 is 1.28 bits per heavy atom. The van der Waals surface area contributed by atoms with Crippen molar-refractivity contribution in [3.8, 4) is 11.4 Å². The first-order valence-electron chi connectivity index (χ1n) is 9.04. The highest BCUT2D eigenvalue weighted by atomic mass is 19.1. The van der Waals surface area contributed by atoms with E-state index in [2.05, 4.69) is 15.5 Å². The number of nitrogens with zero attached hydrogens (tertiary/aromatic N) is 3. The van der Waals surface area contributed by atoms with E-state index in [0.717, 1.165) is 6.07 Å². The first-order valence-corrected chi connectivity index (χ1v) is 9.04. The van der Waals surface area contributed by atoms with E-state index in [9.17, 15) is 19.3 Å². The minimum atomic E-state index is -0.601. The molecule has 0 saturated heterocycles. The van der Waals surface area contributed by atoms with Gasteiger partial charge in [-0.1, -0.05) is 43.6 Å². The van der Waals surface area contributed by atoms with E-state index < -0.39 is 22.7 Å². The van der Waals surface area contributed by atoms with E-state index in [1.54, 1.807) is 6.07 Å². The van der Waals surface area contributed by atoms with Crippen molar-refractivity contribution in [2.45, 2.75) is 26.3 Å². The number of aromatic nitrogens is 2. The van der Waals surface area contributed by atoms with Gasteiger partial charge in [-0.15, -0.1) is 0 Å². The van der Waals surface area contributed by atoms with E-state index in [1.807, 2.05) is 13.8 Å². The molecule has 3 rings (SSSR count). The second-order valence-corrected chi connectivity index (χ2v) is 6.61. The zero-order chi connectivity index (χ0) is 21.0. The first kappa shape index (κ1) is 20.1. The van der Waals surface area contributed by atoms with Crippen LogP contribution in [0.4, 0.5) is 10.1 Å². The lowest BCUT2D eigenvalue weighted by atomic mass is 9.98. The van der Waals surface area contributed by atoms with Crippen LogP contribution in [0, 0.1) is 21.8 Å². The average molecular weight is 398 g/mol. The summed E-state index contributed by atoms with van der Waals surface area (Å²) in [6, 6.07) is 10.6. The van der Waals surface area contributed by atoms with Gasteiger partial charge in [-0.05, 0) is 24.1 Å². The highest BCUT2D eigenvalue weighted by Crippen LogP contribution is 2.27. The number of nitro groups is 1. The summed E-state index contributed by atoms with van der Waals surface area (Å²) in [6.07, 6.45) is 0.711. The van der Waals surface area contributed by atoms with Gasteiger partial charge in [0.25, 0.3) is 11.6 Å². The highest BCUT2D eigenvalue weighted by molar-refractivity contribution is 5.94. The maximum absolute atomic E-state index is 13.4. The molecular formula is C20H19FN4O4. The molecule has 0 fully saturated rings. The van der Waals surface area contributed by atoms with Crippen molar-refractivity contribution in [3.05, 3.63) is 75.9 Å². The zero-order valence-electron chi connectivity index (χ0n) is 15.8. The molecule has 1 amide bonds. The third kappa shape index (κ3) is 4.63. The fourth-order valence-corrected chi connectivity index (χ4v) is 2.77. The van der Waals surface area contributed by atoms with Crippen molar-refractivity contribution < 1.29 is 18.6 Å². The third-order valence-electron chi connectivity index (χ3n) is 4.61. The number of rotatable bonds is 7. The second-order valence-electron chi connectivity index (χ2n) is 6.61. The zero-order valence-corrected chi connectivity index (χ0v) is 15.8. The molecule has 0 saturated carbocycles. The number of carbonyl (C=O) groups is 1. The van der Waals surface area contributed by atoms with Crippen molar-refractivity contribution in [1.29, 1.82) is 0 Å². The van der Waals surface area contributed by atoms with Crippen LogP contribution in [0.1, 0.15) is 42.6 Å². The van der Waals surface area contributed by atoms with Gasteiger partial charge in [0.05, 0.1) is 4.92 Å². The number of nitrogens with one attached hydrogen (secondary N) is 1. The molecule has 0 aliphatic rings. The van der Waals surface area contributed by atoms with Gasteiger partial charge in [-0.25, -0.2) is 4.39 Å². The first-order chi connectivity index (χ1) is 13.9. The Morgan fingerprint density at radius 3 is 2.72 bits per heavy atom. The molecule has 0 aliphatic carbocycles. The summed E-state index contributed by atoms with van der Waals surface area (Å²) in [6.45, 7) is 3.86. The number of hydrogen-bond acceptors (Lipinski definition) is 6. The molecule has 0 spiro atoms. The Morgan fingerprint density at radius 2 is 2.03 bits per heavy atom. The van der Waals surface area contributed by atoms with Gasteiger partial charge < -0.3 is 9.84 Å². The van der Waals surface area contributed by atoms with Crippen molar-refractivity contribution in [1.82, 2.24) is 15.5 Å². The molecule has 0 bridgehead atoms. The van der Waals surface area contributed by atoms with Gasteiger partial charge in [0.15, 0.2) is 0 Å². The Balaban J connectivity index is 1.88. The van der Waals surface area contributed by atoms with Crippen molar-refractivity contribution in [2.24, 2.45) is 5.92 Å². The van der Waals surface area contributed by atoms with Gasteiger partial charge in [-0.3, -0.25) is 14.9 Å². The Hall–Kier alpha value is -3.62. The summed E-state index contributed by atoms with van der Waals surface area (Å²) < 4.78 is 18.8. The SMILES string of the molecule is CC[C@H](C)[C@H](NC(=O)c1cccc(F)c1)c1nc(-c2cccc([N+](=O)[O-])c2)no1. The van der Waals surface area contributed by atoms with Crippen LogP contribution in [-0.4, -0.2) is 21.0 Å². The van der Waals surface area contributed by atoms with Gasteiger partial charge in [-0.2, -0.15) is 4.98 Å². The van der Waals surface area contributed by atoms with Crippen LogP contribution < -0.4 is 5.32 Å². The predicted molar refractivity (Wildman–Crippen MR) is 102 cm³/mol. The molecular weight excluding hydrogens is 379 g/mol. The van der Waals surface area contributed by atoms with Crippen molar-refractivity contribution in [3.63, 3.8) is 0 Å². The quantitative estimate of drug-likeness (QED) is 0.469. The summed E-state index contributed by atoms with van der Waals surface area (Å²) in [7, 11) is 0. The molecule has 1 N–H and O–H groups in total. The van der Waals surface area contributed by atoms with Crippen LogP contribution in [0.2, 0.25) is 0 Å². The number of carbonyl (C=O) groups excluding carboxylic acids is 1. The predicted octanol–water partition coefficient (Wildman–Crippen LogP) is 4.30. The number of amides is 1. The van der Waals surface area contributed by atoms with E-state index >= 15 is 0 Å². The lowest BCUT2D eigenvalue weighted by Gasteiger charge is -2.20. The average Bonchev–Trinajstić information content (AvgIpc) is 3.21. The summed E-state index contributed by atoms with van der Waals surface area (Å²) >= 11 is 0. The lowest BCUT2D eigenvalue weighted by molar-refractivity contribution is -0.384. The Kier molecular flexibility index (Phi) is 5.96. The largest absolute Gasteiger partial charge is 0.340 e. The van der Waals surface area contributed by atoms with E-state index in [1.165, 1.54) is 36.4 Å². The van der Waals surface area contributed by atoms with Crippen LogP contribution in [0.25, 0.3) is 11.4 Å². The standard InChI is InChI=1S/C20H19FN4O4/c1-3-12(2)17(22-19(26)14-7-4-8-15(21)10-14)20-23-18(24-29-20)13-6-5-9-16(11-13)25(27)28/h4-12,17H,3H2,1-2H3,(H,22,26)/t12-,17-/m0/s1. The molecule has 0 radical (unpaired) electrons. The van der Waals surface area contributed by atoms with E-state index in [0.29, 0.717) is 12.0 Å². The lowest BCUT2D eigenvalue weighted by Crippen LogP contribution is -2.32. The molecule has 29 heavy (non-hydrogen) atoms. The number of non-ortho nitro benzene ring substituents is 1. The van der Waals surface area contributed by atoms with Gasteiger partial charge in [0.1, 0.15) is 11.9 Å². The number of halogens is 1. The summed E-state index contributed by atoms with van der Waals surface area (Å²) in [5.41, 5.74) is 0.511. The van der Waals surface area contributed by atoms with Crippen LogP contribution in [0.15, 0.2) is 53.1 Å². The van der Waals surface area contributed by atoms with Crippen LogP contribution >= 0.6 is 0 Å². The number of hydrogen-bond donors (Lipinski definition) is 1. The Bertz CT molecular complexity index is 1040.